The molecule has 0 aliphatic carbocycles. The van der Waals surface area contributed by atoms with Gasteiger partial charge in [-0.15, -0.1) is 0 Å². The number of carbonyl (C=O) groups excluding carboxylic acids is 2. The number of fused-ring (bicyclic) bond motifs is 1. The Morgan fingerprint density at radius 3 is 2.39 bits per heavy atom. The van der Waals surface area contributed by atoms with Crippen molar-refractivity contribution in [3.05, 3.63) is 59.2 Å². The van der Waals surface area contributed by atoms with Crippen LogP contribution in [-0.4, -0.2) is 77.5 Å². The van der Waals surface area contributed by atoms with E-state index in [4.69, 9.17) is 4.74 Å². The van der Waals surface area contributed by atoms with Gasteiger partial charge in [-0.2, -0.15) is 0 Å². The SMILES string of the molecule is Cc1ncnc(C)c1C(=O)N1CC2CN(CC[C@H](NC(=O)C3CCCOC3)c3ccccc3)CC2C1. The number of rotatable bonds is 7. The van der Waals surface area contributed by atoms with Gasteiger partial charge in [-0.05, 0) is 50.5 Å². The third-order valence-corrected chi connectivity index (χ3v) is 8.07. The van der Waals surface area contributed by atoms with Crippen LogP contribution in [0.2, 0.25) is 0 Å². The summed E-state index contributed by atoms with van der Waals surface area (Å²) >= 11 is 0. The molecule has 3 aliphatic rings. The van der Waals surface area contributed by atoms with Gasteiger partial charge in [0.05, 0.1) is 35.5 Å². The molecule has 1 aromatic carbocycles. The molecule has 2 aromatic rings. The Hall–Kier alpha value is -2.84. The van der Waals surface area contributed by atoms with Gasteiger partial charge >= 0.3 is 0 Å². The second-order valence-corrected chi connectivity index (χ2v) is 10.6. The van der Waals surface area contributed by atoms with E-state index >= 15 is 0 Å². The Labute approximate surface area is 213 Å². The fourth-order valence-electron chi connectivity index (χ4n) is 6.06. The quantitative estimate of drug-likeness (QED) is 0.641. The Balaban J connectivity index is 1.16. The van der Waals surface area contributed by atoms with E-state index in [9.17, 15) is 9.59 Å². The predicted octanol–water partition coefficient (Wildman–Crippen LogP) is 2.77. The Morgan fingerprint density at radius 2 is 1.75 bits per heavy atom. The molecule has 36 heavy (non-hydrogen) atoms. The van der Waals surface area contributed by atoms with Crippen LogP contribution in [0, 0.1) is 31.6 Å². The number of amides is 2. The molecule has 0 bridgehead atoms. The Bertz CT molecular complexity index is 1040. The van der Waals surface area contributed by atoms with Crippen LogP contribution >= 0.6 is 0 Å². The number of aromatic nitrogens is 2. The van der Waals surface area contributed by atoms with E-state index in [0.717, 1.165) is 75.5 Å². The van der Waals surface area contributed by atoms with Crippen molar-refractivity contribution in [1.82, 2.24) is 25.1 Å². The molecule has 4 atom stereocenters. The highest BCUT2D eigenvalue weighted by Gasteiger charge is 2.42. The normalized spacial score (nSPS) is 24.9. The van der Waals surface area contributed by atoms with Crippen LogP contribution in [0.3, 0.4) is 0 Å². The largest absolute Gasteiger partial charge is 0.381 e. The molecule has 0 saturated carbocycles. The van der Waals surface area contributed by atoms with Gasteiger partial charge in [0.2, 0.25) is 5.91 Å². The first-order valence-corrected chi connectivity index (χ1v) is 13.2. The van der Waals surface area contributed by atoms with Gasteiger partial charge in [-0.3, -0.25) is 9.59 Å². The number of hydrogen-bond acceptors (Lipinski definition) is 6. The smallest absolute Gasteiger partial charge is 0.257 e. The Morgan fingerprint density at radius 1 is 1.06 bits per heavy atom. The van der Waals surface area contributed by atoms with Crippen LogP contribution < -0.4 is 5.32 Å². The molecule has 4 heterocycles. The molecular formula is C28H37N5O3. The average molecular weight is 492 g/mol. The van der Waals surface area contributed by atoms with Crippen molar-refractivity contribution in [2.75, 3.05) is 45.9 Å². The molecule has 3 unspecified atom stereocenters. The van der Waals surface area contributed by atoms with Crippen LogP contribution in [0.4, 0.5) is 0 Å². The van der Waals surface area contributed by atoms with Crippen LogP contribution in [0.1, 0.15) is 52.6 Å². The number of aryl methyl sites for hydroxylation is 2. The van der Waals surface area contributed by atoms with Crippen molar-refractivity contribution < 1.29 is 14.3 Å². The highest BCUT2D eigenvalue weighted by atomic mass is 16.5. The molecule has 2 amide bonds. The van der Waals surface area contributed by atoms with Crippen molar-refractivity contribution in [3.8, 4) is 0 Å². The van der Waals surface area contributed by atoms with Gasteiger partial charge in [0.25, 0.3) is 5.91 Å². The van der Waals surface area contributed by atoms with Gasteiger partial charge in [0.1, 0.15) is 6.33 Å². The standard InChI is InChI=1S/C28H37N5O3/c1-19-26(20(2)30-18-29-19)28(35)33-15-23-13-32(14-24(23)16-33)11-10-25(21-7-4-3-5-8-21)31-27(34)22-9-6-12-36-17-22/h3-5,7-8,18,22-25H,6,9-17H2,1-2H3,(H,31,34)/t22?,23?,24?,25-/m0/s1. The number of carbonyl (C=O) groups is 2. The molecule has 0 radical (unpaired) electrons. The summed E-state index contributed by atoms with van der Waals surface area (Å²) in [5.74, 6) is 1.09. The highest BCUT2D eigenvalue weighted by molar-refractivity contribution is 5.96. The second kappa shape index (κ2) is 11.0. The molecule has 1 N–H and O–H groups in total. The summed E-state index contributed by atoms with van der Waals surface area (Å²) < 4.78 is 5.54. The maximum absolute atomic E-state index is 13.2. The number of benzene rings is 1. The number of nitrogens with zero attached hydrogens (tertiary/aromatic N) is 4. The van der Waals surface area contributed by atoms with Crippen molar-refractivity contribution >= 4 is 11.8 Å². The minimum atomic E-state index is -0.0538. The fraction of sp³-hybridized carbons (Fsp3) is 0.571. The molecule has 8 heteroatoms. The summed E-state index contributed by atoms with van der Waals surface area (Å²) in [7, 11) is 0. The minimum Gasteiger partial charge on any atom is -0.381 e. The van der Waals surface area contributed by atoms with Gasteiger partial charge in [0, 0.05) is 39.3 Å². The summed E-state index contributed by atoms with van der Waals surface area (Å²) in [6, 6.07) is 10.3. The fourth-order valence-corrected chi connectivity index (χ4v) is 6.06. The van der Waals surface area contributed by atoms with Gasteiger partial charge in [-0.1, -0.05) is 30.3 Å². The molecule has 3 aliphatic heterocycles. The van der Waals surface area contributed by atoms with Gasteiger partial charge < -0.3 is 19.9 Å². The molecule has 5 rings (SSSR count). The molecule has 192 valence electrons. The lowest BCUT2D eigenvalue weighted by molar-refractivity contribution is -0.129. The first-order valence-electron chi connectivity index (χ1n) is 13.2. The van der Waals surface area contributed by atoms with Crippen LogP contribution in [-0.2, 0) is 9.53 Å². The third-order valence-electron chi connectivity index (χ3n) is 8.07. The summed E-state index contributed by atoms with van der Waals surface area (Å²) in [5.41, 5.74) is 3.30. The lowest BCUT2D eigenvalue weighted by Crippen LogP contribution is -2.39. The zero-order valence-corrected chi connectivity index (χ0v) is 21.4. The van der Waals surface area contributed by atoms with E-state index in [0.29, 0.717) is 24.0 Å². The Kier molecular flexibility index (Phi) is 7.62. The van der Waals surface area contributed by atoms with E-state index in [1.54, 1.807) is 0 Å². The van der Waals surface area contributed by atoms with Crippen LogP contribution in [0.15, 0.2) is 36.7 Å². The zero-order chi connectivity index (χ0) is 25.1. The first-order chi connectivity index (χ1) is 17.5. The summed E-state index contributed by atoms with van der Waals surface area (Å²) in [5, 5.41) is 3.32. The van der Waals surface area contributed by atoms with Crippen LogP contribution in [0.25, 0.3) is 0 Å². The number of nitrogens with one attached hydrogen (secondary N) is 1. The monoisotopic (exact) mass is 491 g/mol. The number of ether oxygens (including phenoxy) is 1. The van der Waals surface area contributed by atoms with Gasteiger partial charge in [0.15, 0.2) is 0 Å². The first kappa shape index (κ1) is 24.8. The molecule has 3 saturated heterocycles. The van der Waals surface area contributed by atoms with Crippen molar-refractivity contribution in [1.29, 1.82) is 0 Å². The van der Waals surface area contributed by atoms with Crippen molar-refractivity contribution in [2.45, 2.75) is 39.2 Å². The average Bonchev–Trinajstić information content (AvgIpc) is 3.46. The van der Waals surface area contributed by atoms with Crippen LogP contribution in [0.5, 0.6) is 0 Å². The maximum atomic E-state index is 13.2. The van der Waals surface area contributed by atoms with Gasteiger partial charge in [-0.25, -0.2) is 9.97 Å². The number of hydrogen-bond donors (Lipinski definition) is 1. The summed E-state index contributed by atoms with van der Waals surface area (Å²) in [4.78, 5) is 39.1. The lowest BCUT2D eigenvalue weighted by atomic mass is 9.98. The summed E-state index contributed by atoms with van der Waals surface area (Å²) in [6.07, 6.45) is 4.23. The molecule has 0 spiro atoms. The summed E-state index contributed by atoms with van der Waals surface area (Å²) in [6.45, 7) is 9.51. The number of likely N-dealkylation sites (tertiary alicyclic amines) is 2. The van der Waals surface area contributed by atoms with E-state index in [-0.39, 0.29) is 23.8 Å². The topological polar surface area (TPSA) is 87.7 Å². The van der Waals surface area contributed by atoms with E-state index in [2.05, 4.69) is 32.3 Å². The molecule has 3 fully saturated rings. The van der Waals surface area contributed by atoms with Crippen molar-refractivity contribution in [2.24, 2.45) is 17.8 Å². The van der Waals surface area contributed by atoms with E-state index in [1.165, 1.54) is 6.33 Å². The second-order valence-electron chi connectivity index (χ2n) is 10.6. The minimum absolute atomic E-state index is 0.0109. The maximum Gasteiger partial charge on any atom is 0.257 e. The van der Waals surface area contributed by atoms with Crippen molar-refractivity contribution in [3.63, 3.8) is 0 Å². The van der Waals surface area contributed by atoms with E-state index in [1.807, 2.05) is 36.9 Å². The third kappa shape index (κ3) is 5.44. The highest BCUT2D eigenvalue weighted by Crippen LogP contribution is 2.33. The molecular weight excluding hydrogens is 454 g/mol. The molecule has 8 nitrogen and oxygen atoms in total. The molecule has 1 aromatic heterocycles. The zero-order valence-electron chi connectivity index (χ0n) is 21.4. The lowest BCUT2D eigenvalue weighted by Gasteiger charge is -2.27. The predicted molar refractivity (Wildman–Crippen MR) is 136 cm³/mol. The van der Waals surface area contributed by atoms with E-state index < -0.39 is 0 Å².